The molecular formula is C23H27NO4. The molecule has 2 fully saturated rings. The minimum Gasteiger partial charge on any atom is -0.453 e. The van der Waals surface area contributed by atoms with Crippen LogP contribution in [0.25, 0.3) is 0 Å². The first kappa shape index (κ1) is 20.1. The molecule has 148 valence electrons. The van der Waals surface area contributed by atoms with Crippen molar-refractivity contribution in [2.75, 3.05) is 20.2 Å². The second kappa shape index (κ2) is 7.79. The number of carbonyl (C=O) groups is 3. The van der Waals surface area contributed by atoms with Crippen LogP contribution in [0, 0.1) is 31.1 Å². The Balaban J connectivity index is 1.82. The normalized spacial score (nSPS) is 19.4. The van der Waals surface area contributed by atoms with Crippen LogP contribution in [0.5, 0.6) is 0 Å². The highest BCUT2D eigenvalue weighted by atomic mass is 16.5. The molecule has 0 radical (unpaired) electrons. The molecule has 0 unspecified atom stereocenters. The molecule has 28 heavy (non-hydrogen) atoms. The molecule has 0 N–H and O–H groups in total. The topological polar surface area (TPSA) is 63.7 Å². The number of nitrogens with zero attached hydrogens (tertiary/aromatic N) is 1. The standard InChI is InChI=1S/C23H27NO4/c1-5-6-17-11-15(2)20(16(3)12-17)21-18(25)13-23(14-19(21)26)7-9-24(10-8-23)22(27)28-4/h11-12,21H,7-10,13-14H2,1-4H3. The van der Waals surface area contributed by atoms with Crippen LogP contribution < -0.4 is 0 Å². The van der Waals surface area contributed by atoms with Crippen LogP contribution in [0.4, 0.5) is 4.79 Å². The van der Waals surface area contributed by atoms with Crippen molar-refractivity contribution in [3.63, 3.8) is 0 Å². The molecule has 5 heteroatoms. The molecule has 1 aromatic rings. The lowest BCUT2D eigenvalue weighted by Crippen LogP contribution is -2.48. The lowest BCUT2D eigenvalue weighted by Gasteiger charge is -2.44. The zero-order chi connectivity index (χ0) is 20.5. The summed E-state index contributed by atoms with van der Waals surface area (Å²) >= 11 is 0. The molecule has 5 nitrogen and oxygen atoms in total. The number of Topliss-reactive ketones (excluding diaryl/α,β-unsaturated/α-hetero) is 2. The average molecular weight is 381 g/mol. The quantitative estimate of drug-likeness (QED) is 0.551. The van der Waals surface area contributed by atoms with Crippen LogP contribution in [0.3, 0.4) is 0 Å². The molecule has 1 amide bonds. The second-order valence-electron chi connectivity index (χ2n) is 8.07. The molecule has 1 aliphatic heterocycles. The van der Waals surface area contributed by atoms with Crippen molar-refractivity contribution in [1.29, 1.82) is 0 Å². The van der Waals surface area contributed by atoms with Gasteiger partial charge in [0.15, 0.2) is 0 Å². The van der Waals surface area contributed by atoms with Gasteiger partial charge in [-0.3, -0.25) is 9.59 Å². The van der Waals surface area contributed by atoms with Gasteiger partial charge >= 0.3 is 6.09 Å². The zero-order valence-corrected chi connectivity index (χ0v) is 17.1. The molecule has 2 aliphatic rings. The molecule has 1 spiro atoms. The van der Waals surface area contributed by atoms with E-state index in [1.54, 1.807) is 11.8 Å². The van der Waals surface area contributed by atoms with Gasteiger partial charge in [0, 0.05) is 31.5 Å². The number of piperidine rings is 1. The Hall–Kier alpha value is -2.61. The maximum Gasteiger partial charge on any atom is 0.409 e. The van der Waals surface area contributed by atoms with Crippen LogP contribution >= 0.6 is 0 Å². The molecule has 1 aromatic carbocycles. The van der Waals surface area contributed by atoms with Crippen LogP contribution in [-0.4, -0.2) is 42.8 Å². The maximum absolute atomic E-state index is 13.1. The lowest BCUT2D eigenvalue weighted by atomic mass is 9.62. The fraction of sp³-hybridized carbons (Fsp3) is 0.522. The average Bonchev–Trinajstić information content (AvgIpc) is 2.63. The summed E-state index contributed by atoms with van der Waals surface area (Å²) in [4.78, 5) is 39.6. The van der Waals surface area contributed by atoms with E-state index in [0.717, 1.165) is 22.3 Å². The van der Waals surface area contributed by atoms with Crippen LogP contribution in [0.2, 0.25) is 0 Å². The van der Waals surface area contributed by atoms with Gasteiger partial charge in [0.25, 0.3) is 0 Å². The molecule has 0 bridgehead atoms. The van der Waals surface area contributed by atoms with Crippen molar-refractivity contribution in [2.24, 2.45) is 5.41 Å². The molecule has 1 saturated heterocycles. The maximum atomic E-state index is 13.1. The van der Waals surface area contributed by atoms with Gasteiger partial charge in [0.05, 0.1) is 7.11 Å². The highest BCUT2D eigenvalue weighted by molar-refractivity contribution is 6.10. The largest absolute Gasteiger partial charge is 0.453 e. The minimum absolute atomic E-state index is 0.00305. The highest BCUT2D eigenvalue weighted by Gasteiger charge is 2.47. The summed E-state index contributed by atoms with van der Waals surface area (Å²) in [6, 6.07) is 3.91. The number of likely N-dealkylation sites (tertiary alicyclic amines) is 1. The predicted molar refractivity (Wildman–Crippen MR) is 106 cm³/mol. The summed E-state index contributed by atoms with van der Waals surface area (Å²) in [6.07, 6.45) is 1.77. The van der Waals surface area contributed by atoms with Gasteiger partial charge in [-0.2, -0.15) is 0 Å². The van der Waals surface area contributed by atoms with Gasteiger partial charge in [-0.05, 0) is 67.9 Å². The van der Waals surface area contributed by atoms with Crippen LogP contribution in [0.15, 0.2) is 12.1 Å². The molecule has 0 atom stereocenters. The molecule has 0 aromatic heterocycles. The Labute approximate surface area is 166 Å². The summed E-state index contributed by atoms with van der Waals surface area (Å²) < 4.78 is 4.78. The van der Waals surface area contributed by atoms with Crippen molar-refractivity contribution in [1.82, 2.24) is 4.90 Å². The van der Waals surface area contributed by atoms with Crippen molar-refractivity contribution >= 4 is 17.7 Å². The Bertz CT molecular complexity index is 839. The Morgan fingerprint density at radius 1 is 1.11 bits per heavy atom. The number of amides is 1. The number of hydrogen-bond acceptors (Lipinski definition) is 4. The van der Waals surface area contributed by atoms with Crippen LogP contribution in [0.1, 0.15) is 60.8 Å². The summed E-state index contributed by atoms with van der Waals surface area (Å²) in [5.74, 6) is 5.27. The monoisotopic (exact) mass is 381 g/mol. The van der Waals surface area contributed by atoms with Gasteiger partial charge in [-0.1, -0.05) is 5.92 Å². The van der Waals surface area contributed by atoms with Gasteiger partial charge < -0.3 is 9.64 Å². The van der Waals surface area contributed by atoms with E-state index < -0.39 is 5.92 Å². The van der Waals surface area contributed by atoms with Crippen molar-refractivity contribution in [3.8, 4) is 11.8 Å². The Morgan fingerprint density at radius 2 is 1.64 bits per heavy atom. The van der Waals surface area contributed by atoms with E-state index in [-0.39, 0.29) is 23.1 Å². The van der Waals surface area contributed by atoms with Crippen molar-refractivity contribution < 1.29 is 19.1 Å². The van der Waals surface area contributed by atoms with E-state index in [1.807, 2.05) is 26.0 Å². The Morgan fingerprint density at radius 3 is 2.11 bits per heavy atom. The number of ketones is 2. The predicted octanol–water partition coefficient (Wildman–Crippen LogP) is 3.54. The second-order valence-corrected chi connectivity index (χ2v) is 8.07. The third-order valence-corrected chi connectivity index (χ3v) is 6.15. The number of aryl methyl sites for hydroxylation is 2. The fourth-order valence-corrected chi connectivity index (χ4v) is 4.80. The van der Waals surface area contributed by atoms with E-state index >= 15 is 0 Å². The lowest BCUT2D eigenvalue weighted by molar-refractivity contribution is -0.138. The summed E-state index contributed by atoms with van der Waals surface area (Å²) in [5, 5.41) is 0. The SMILES string of the molecule is CC#Cc1cc(C)c(C2C(=O)CC3(CCN(C(=O)OC)CC3)CC2=O)c(C)c1. The third kappa shape index (κ3) is 3.69. The number of benzene rings is 1. The van der Waals surface area contributed by atoms with Gasteiger partial charge in [0.1, 0.15) is 17.5 Å². The fourth-order valence-electron chi connectivity index (χ4n) is 4.80. The van der Waals surface area contributed by atoms with E-state index in [1.165, 1.54) is 7.11 Å². The number of ether oxygens (including phenoxy) is 1. The van der Waals surface area contributed by atoms with E-state index in [0.29, 0.717) is 38.8 Å². The molecular weight excluding hydrogens is 354 g/mol. The summed E-state index contributed by atoms with van der Waals surface area (Å²) in [7, 11) is 1.37. The van der Waals surface area contributed by atoms with Gasteiger partial charge in [-0.15, -0.1) is 5.92 Å². The highest BCUT2D eigenvalue weighted by Crippen LogP contribution is 2.46. The smallest absolute Gasteiger partial charge is 0.409 e. The first-order valence-electron chi connectivity index (χ1n) is 9.72. The molecule has 1 aliphatic carbocycles. The first-order valence-corrected chi connectivity index (χ1v) is 9.72. The van der Waals surface area contributed by atoms with E-state index in [2.05, 4.69) is 11.8 Å². The molecule has 1 saturated carbocycles. The number of carbonyl (C=O) groups excluding carboxylic acids is 3. The molecule has 3 rings (SSSR count). The van der Waals surface area contributed by atoms with E-state index in [9.17, 15) is 14.4 Å². The van der Waals surface area contributed by atoms with E-state index in [4.69, 9.17) is 4.74 Å². The number of hydrogen-bond donors (Lipinski definition) is 0. The number of rotatable bonds is 1. The molecule has 1 heterocycles. The summed E-state index contributed by atoms with van der Waals surface area (Å²) in [5.41, 5.74) is 3.33. The van der Waals surface area contributed by atoms with Gasteiger partial charge in [0.2, 0.25) is 0 Å². The zero-order valence-electron chi connectivity index (χ0n) is 17.1. The minimum atomic E-state index is -0.673. The third-order valence-electron chi connectivity index (χ3n) is 6.15. The van der Waals surface area contributed by atoms with Crippen molar-refractivity contribution in [2.45, 2.75) is 52.4 Å². The van der Waals surface area contributed by atoms with Crippen molar-refractivity contribution in [3.05, 3.63) is 34.4 Å². The van der Waals surface area contributed by atoms with Gasteiger partial charge in [-0.25, -0.2) is 4.79 Å². The van der Waals surface area contributed by atoms with Crippen LogP contribution in [-0.2, 0) is 14.3 Å². The summed E-state index contributed by atoms with van der Waals surface area (Å²) in [6.45, 7) is 6.74. The number of methoxy groups -OCH3 is 1. The first-order chi connectivity index (χ1) is 13.3. The Kier molecular flexibility index (Phi) is 5.60.